The minimum absolute atomic E-state index is 0.0234. The zero-order valence-electron chi connectivity index (χ0n) is 15.8. The van der Waals surface area contributed by atoms with Crippen molar-refractivity contribution in [3.63, 3.8) is 0 Å². The minimum Gasteiger partial charge on any atom is -0.381 e. The lowest BCUT2D eigenvalue weighted by atomic mass is 10.0. The van der Waals surface area contributed by atoms with Gasteiger partial charge in [0.05, 0.1) is 17.8 Å². The zero-order chi connectivity index (χ0) is 22.1. The van der Waals surface area contributed by atoms with Crippen molar-refractivity contribution in [1.29, 1.82) is 0 Å². The highest BCUT2D eigenvalue weighted by Gasteiger charge is 2.37. The number of rotatable bonds is 2. The molecular formula is C19H19F6N5. The van der Waals surface area contributed by atoms with Gasteiger partial charge in [0.1, 0.15) is 17.5 Å². The monoisotopic (exact) mass is 431 g/mol. The molecule has 4 heterocycles. The highest BCUT2D eigenvalue weighted by molar-refractivity contribution is 5.62. The van der Waals surface area contributed by atoms with Gasteiger partial charge in [0, 0.05) is 18.8 Å². The second-order valence-corrected chi connectivity index (χ2v) is 6.87. The van der Waals surface area contributed by atoms with Crippen LogP contribution in [0.25, 0.3) is 17.0 Å². The smallest absolute Gasteiger partial charge is 0.381 e. The van der Waals surface area contributed by atoms with Crippen LogP contribution in [-0.2, 0) is 0 Å². The topological polar surface area (TPSA) is 68.2 Å². The molecule has 2 atom stereocenters. The Hall–Kier alpha value is -2.82. The van der Waals surface area contributed by atoms with Gasteiger partial charge in [-0.15, -0.1) is 0 Å². The maximum atomic E-state index is 14.0. The van der Waals surface area contributed by atoms with Crippen LogP contribution in [0.2, 0.25) is 0 Å². The molecule has 30 heavy (non-hydrogen) atoms. The molecule has 1 aliphatic rings. The Morgan fingerprint density at radius 3 is 2.53 bits per heavy atom. The number of fused-ring (bicyclic) bond motifs is 1. The number of pyridine rings is 2. The van der Waals surface area contributed by atoms with E-state index in [4.69, 9.17) is 5.73 Å². The molecule has 0 spiro atoms. The van der Waals surface area contributed by atoms with Crippen LogP contribution in [0.4, 0.5) is 32.2 Å². The minimum atomic E-state index is -4.42. The van der Waals surface area contributed by atoms with Crippen LogP contribution in [0.15, 0.2) is 30.6 Å². The Morgan fingerprint density at radius 1 is 1.23 bits per heavy atom. The van der Waals surface area contributed by atoms with Gasteiger partial charge in [-0.1, -0.05) is 6.07 Å². The molecule has 11 heteroatoms. The number of halogens is 6. The normalized spacial score (nSPS) is 17.6. The lowest BCUT2D eigenvalue weighted by Crippen LogP contribution is -2.18. The number of nitrogens with one attached hydrogen (secondary N) is 1. The number of anilines is 1. The summed E-state index contributed by atoms with van der Waals surface area (Å²) in [5, 5.41) is 2.90. The Morgan fingerprint density at radius 2 is 1.97 bits per heavy atom. The Kier molecular flexibility index (Phi) is 6.20. The molecule has 162 valence electrons. The van der Waals surface area contributed by atoms with Gasteiger partial charge < -0.3 is 11.1 Å². The van der Waals surface area contributed by atoms with Crippen LogP contribution < -0.4 is 11.1 Å². The first-order valence-corrected chi connectivity index (χ1v) is 9.08. The summed E-state index contributed by atoms with van der Waals surface area (Å²) in [5.74, 6) is -4.23. The van der Waals surface area contributed by atoms with Gasteiger partial charge in [-0.2, -0.15) is 13.2 Å². The summed E-state index contributed by atoms with van der Waals surface area (Å²) in [6.45, 7) is 2.45. The first kappa shape index (κ1) is 21.9. The highest BCUT2D eigenvalue weighted by Crippen LogP contribution is 2.35. The SMILES string of the molecule is CC(c1ccc2ncc(-c3nc(N)c(F)cc3F)n2c1)C(F)(F)F.FC1CCNC1. The van der Waals surface area contributed by atoms with E-state index in [0.29, 0.717) is 24.7 Å². The number of nitrogens with zero attached hydrogens (tertiary/aromatic N) is 3. The van der Waals surface area contributed by atoms with Crippen LogP contribution >= 0.6 is 0 Å². The fraction of sp³-hybridized carbons (Fsp3) is 0.368. The average molecular weight is 431 g/mol. The first-order chi connectivity index (χ1) is 14.1. The molecule has 4 rings (SSSR count). The van der Waals surface area contributed by atoms with E-state index in [1.54, 1.807) is 0 Å². The summed E-state index contributed by atoms with van der Waals surface area (Å²) in [5.41, 5.74) is 5.40. The Bertz CT molecular complexity index is 1030. The summed E-state index contributed by atoms with van der Waals surface area (Å²) >= 11 is 0. The van der Waals surface area contributed by atoms with E-state index in [1.807, 2.05) is 0 Å². The van der Waals surface area contributed by atoms with Gasteiger partial charge in [0.2, 0.25) is 0 Å². The third-order valence-corrected chi connectivity index (χ3v) is 4.72. The number of alkyl halides is 4. The summed E-state index contributed by atoms with van der Waals surface area (Å²) in [4.78, 5) is 7.62. The van der Waals surface area contributed by atoms with Crippen LogP contribution in [0.5, 0.6) is 0 Å². The lowest BCUT2D eigenvalue weighted by molar-refractivity contribution is -0.146. The van der Waals surface area contributed by atoms with E-state index >= 15 is 0 Å². The molecule has 1 saturated heterocycles. The summed E-state index contributed by atoms with van der Waals surface area (Å²) < 4.78 is 79.0. The largest absolute Gasteiger partial charge is 0.395 e. The van der Waals surface area contributed by atoms with Crippen LogP contribution in [-0.4, -0.2) is 39.8 Å². The van der Waals surface area contributed by atoms with Crippen molar-refractivity contribution in [3.8, 4) is 11.4 Å². The number of nitrogens with two attached hydrogens (primary N) is 1. The van der Waals surface area contributed by atoms with Gasteiger partial charge in [-0.05, 0) is 31.5 Å². The molecule has 0 aliphatic carbocycles. The number of hydrogen-bond acceptors (Lipinski definition) is 4. The summed E-state index contributed by atoms with van der Waals surface area (Å²) in [6.07, 6.45) is -1.83. The van der Waals surface area contributed by atoms with E-state index in [2.05, 4.69) is 15.3 Å². The zero-order valence-corrected chi connectivity index (χ0v) is 15.8. The van der Waals surface area contributed by atoms with Crippen molar-refractivity contribution in [2.75, 3.05) is 18.8 Å². The summed E-state index contributed by atoms with van der Waals surface area (Å²) in [6, 6.07) is 3.25. The Labute approximate surface area is 167 Å². The third-order valence-electron chi connectivity index (χ3n) is 4.72. The number of nitrogen functional groups attached to an aromatic ring is 1. The van der Waals surface area contributed by atoms with E-state index in [9.17, 15) is 26.3 Å². The highest BCUT2D eigenvalue weighted by atomic mass is 19.4. The number of imidazole rings is 1. The second kappa shape index (κ2) is 8.50. The van der Waals surface area contributed by atoms with Gasteiger partial charge in [-0.25, -0.2) is 23.1 Å². The fourth-order valence-corrected chi connectivity index (χ4v) is 2.90. The van der Waals surface area contributed by atoms with Crippen molar-refractivity contribution in [1.82, 2.24) is 19.7 Å². The van der Waals surface area contributed by atoms with Crippen molar-refractivity contribution < 1.29 is 26.3 Å². The van der Waals surface area contributed by atoms with E-state index < -0.39 is 35.7 Å². The molecule has 1 fully saturated rings. The molecule has 0 radical (unpaired) electrons. The molecule has 0 bridgehead atoms. The van der Waals surface area contributed by atoms with Crippen LogP contribution in [0.3, 0.4) is 0 Å². The fourth-order valence-electron chi connectivity index (χ4n) is 2.90. The summed E-state index contributed by atoms with van der Waals surface area (Å²) in [7, 11) is 0. The second-order valence-electron chi connectivity index (χ2n) is 6.87. The molecule has 3 aromatic rings. The predicted molar refractivity (Wildman–Crippen MR) is 99.6 cm³/mol. The van der Waals surface area contributed by atoms with Gasteiger partial charge in [-0.3, -0.25) is 4.40 Å². The van der Waals surface area contributed by atoms with Crippen molar-refractivity contribution >= 4 is 11.5 Å². The number of hydrogen-bond donors (Lipinski definition) is 2. The van der Waals surface area contributed by atoms with Crippen molar-refractivity contribution in [2.45, 2.75) is 31.6 Å². The molecule has 0 aromatic carbocycles. The van der Waals surface area contributed by atoms with Gasteiger partial charge in [0.25, 0.3) is 0 Å². The average Bonchev–Trinajstić information content (AvgIpc) is 3.32. The van der Waals surface area contributed by atoms with Crippen LogP contribution in [0.1, 0.15) is 24.8 Å². The maximum absolute atomic E-state index is 14.0. The Balaban J connectivity index is 0.000000367. The third kappa shape index (κ3) is 4.66. The quantitative estimate of drug-likeness (QED) is 0.596. The van der Waals surface area contributed by atoms with E-state index in [-0.39, 0.29) is 17.0 Å². The number of aromatic nitrogens is 3. The molecule has 5 nitrogen and oxygen atoms in total. The molecule has 2 unspecified atom stereocenters. The van der Waals surface area contributed by atoms with Gasteiger partial charge >= 0.3 is 6.18 Å². The predicted octanol–water partition coefficient (Wildman–Crippen LogP) is 4.24. The standard InChI is InChI=1S/C15H11F5N4.C4H8FN/c1-7(15(18,19)20)8-2-3-12-22-5-11(24(12)6-8)13-9(16)4-10(17)14(21)23-13;5-4-1-2-6-3-4/h2-7H,1H3,(H2,21,23);4,6H,1-3H2. The maximum Gasteiger partial charge on any atom is 0.395 e. The van der Waals surface area contributed by atoms with Gasteiger partial charge in [0.15, 0.2) is 17.5 Å². The molecular weight excluding hydrogens is 412 g/mol. The van der Waals surface area contributed by atoms with Crippen molar-refractivity contribution in [3.05, 3.63) is 47.8 Å². The molecule has 0 saturated carbocycles. The van der Waals surface area contributed by atoms with Crippen LogP contribution in [0, 0.1) is 11.6 Å². The molecule has 3 N–H and O–H groups in total. The lowest BCUT2D eigenvalue weighted by Gasteiger charge is -2.16. The van der Waals surface area contributed by atoms with E-state index in [0.717, 1.165) is 13.5 Å². The molecule has 3 aromatic heterocycles. The van der Waals surface area contributed by atoms with E-state index in [1.165, 1.54) is 28.9 Å². The van der Waals surface area contributed by atoms with Crippen molar-refractivity contribution in [2.24, 2.45) is 0 Å². The molecule has 1 aliphatic heterocycles. The first-order valence-electron chi connectivity index (χ1n) is 9.08. The molecule has 0 amide bonds.